The van der Waals surface area contributed by atoms with Crippen molar-refractivity contribution in [1.82, 2.24) is 14.9 Å². The maximum atomic E-state index is 12.3. The van der Waals surface area contributed by atoms with Crippen molar-refractivity contribution in [2.24, 2.45) is 0 Å². The summed E-state index contributed by atoms with van der Waals surface area (Å²) in [6.45, 7) is 6.96. The Hall–Kier alpha value is -2.57. The molecule has 7 nitrogen and oxygen atoms in total. The highest BCUT2D eigenvalue weighted by Crippen LogP contribution is 2.24. The highest BCUT2D eigenvalue weighted by Gasteiger charge is 2.28. The molecule has 1 unspecified atom stereocenters. The van der Waals surface area contributed by atoms with E-state index in [0.29, 0.717) is 18.2 Å². The summed E-state index contributed by atoms with van der Waals surface area (Å²) in [5, 5.41) is 6.56. The molecule has 0 spiro atoms. The first-order chi connectivity index (χ1) is 12.4. The van der Waals surface area contributed by atoms with E-state index in [4.69, 9.17) is 9.72 Å². The molecule has 1 aliphatic rings. The number of rotatable bonds is 3. The molecule has 1 aromatic carbocycles. The topological polar surface area (TPSA) is 79.4 Å². The number of para-hydroxylation sites is 2. The number of nitrogens with one attached hydrogen (secondary N) is 2. The van der Waals surface area contributed by atoms with Crippen molar-refractivity contribution >= 4 is 28.8 Å². The van der Waals surface area contributed by atoms with E-state index in [-0.39, 0.29) is 12.1 Å². The third-order valence-electron chi connectivity index (χ3n) is 4.22. The Balaban J connectivity index is 1.74. The number of fused-ring (bicyclic) bond motifs is 1. The molecule has 0 saturated carbocycles. The lowest BCUT2D eigenvalue weighted by atomic mass is 10.1. The van der Waals surface area contributed by atoms with Crippen LogP contribution in [0.25, 0.3) is 11.0 Å². The van der Waals surface area contributed by atoms with Gasteiger partial charge in [-0.15, -0.1) is 0 Å². The Morgan fingerprint density at radius 3 is 2.46 bits per heavy atom. The lowest BCUT2D eigenvalue weighted by Crippen LogP contribution is -2.47. The number of likely N-dealkylation sites (tertiary alicyclic amines) is 1. The number of amides is 1. The molecule has 1 amide bonds. The van der Waals surface area contributed by atoms with Crippen LogP contribution in [0.2, 0.25) is 0 Å². The number of anilines is 2. The number of carbonyl (C=O) groups is 1. The van der Waals surface area contributed by atoms with Crippen LogP contribution in [0.4, 0.5) is 16.4 Å². The molecule has 140 valence electrons. The molecule has 1 fully saturated rings. The van der Waals surface area contributed by atoms with Crippen LogP contribution in [-0.4, -0.2) is 52.7 Å². The minimum Gasteiger partial charge on any atom is -0.444 e. The Morgan fingerprint density at radius 2 is 1.85 bits per heavy atom. The van der Waals surface area contributed by atoms with Crippen LogP contribution < -0.4 is 10.6 Å². The van der Waals surface area contributed by atoms with E-state index in [2.05, 4.69) is 15.6 Å². The quantitative estimate of drug-likeness (QED) is 0.875. The highest BCUT2D eigenvalue weighted by atomic mass is 16.6. The predicted molar refractivity (Wildman–Crippen MR) is 104 cm³/mol. The number of aromatic nitrogens is 2. The molecule has 0 radical (unpaired) electrons. The fourth-order valence-electron chi connectivity index (χ4n) is 3.06. The van der Waals surface area contributed by atoms with Gasteiger partial charge >= 0.3 is 6.09 Å². The molecule has 2 aromatic rings. The summed E-state index contributed by atoms with van der Waals surface area (Å²) in [6.07, 6.45) is 1.63. The Labute approximate surface area is 154 Å². The van der Waals surface area contributed by atoms with Crippen LogP contribution in [0.3, 0.4) is 0 Å². The van der Waals surface area contributed by atoms with Crippen molar-refractivity contribution in [1.29, 1.82) is 0 Å². The van der Waals surface area contributed by atoms with Gasteiger partial charge in [-0.25, -0.2) is 14.8 Å². The molecule has 26 heavy (non-hydrogen) atoms. The molecule has 7 heteroatoms. The van der Waals surface area contributed by atoms with Crippen molar-refractivity contribution in [2.75, 3.05) is 30.8 Å². The van der Waals surface area contributed by atoms with Crippen LogP contribution in [0.15, 0.2) is 24.3 Å². The zero-order chi connectivity index (χ0) is 18.7. The van der Waals surface area contributed by atoms with Gasteiger partial charge < -0.3 is 20.3 Å². The molecular formula is C19H27N5O2. The number of piperidine rings is 1. The smallest absolute Gasteiger partial charge is 0.410 e. The van der Waals surface area contributed by atoms with Crippen molar-refractivity contribution in [3.8, 4) is 0 Å². The van der Waals surface area contributed by atoms with Crippen LogP contribution in [0.1, 0.15) is 33.6 Å². The lowest BCUT2D eigenvalue weighted by molar-refractivity contribution is 0.0206. The van der Waals surface area contributed by atoms with Gasteiger partial charge in [0.1, 0.15) is 5.60 Å². The maximum absolute atomic E-state index is 12.3. The van der Waals surface area contributed by atoms with Gasteiger partial charge in [0.05, 0.1) is 11.0 Å². The molecule has 2 heterocycles. The van der Waals surface area contributed by atoms with Gasteiger partial charge in [0.15, 0.2) is 11.6 Å². The second-order valence-corrected chi connectivity index (χ2v) is 7.57. The summed E-state index contributed by atoms with van der Waals surface area (Å²) in [5.41, 5.74) is 1.20. The van der Waals surface area contributed by atoms with Crippen molar-refractivity contribution in [2.45, 2.75) is 45.3 Å². The zero-order valence-electron chi connectivity index (χ0n) is 15.9. The van der Waals surface area contributed by atoms with Crippen LogP contribution in [-0.2, 0) is 4.74 Å². The number of hydrogen-bond acceptors (Lipinski definition) is 6. The summed E-state index contributed by atoms with van der Waals surface area (Å²) in [6, 6.07) is 7.89. The van der Waals surface area contributed by atoms with Gasteiger partial charge in [-0.1, -0.05) is 12.1 Å². The molecule has 2 N–H and O–H groups in total. The fraction of sp³-hybridized carbons (Fsp3) is 0.526. The van der Waals surface area contributed by atoms with E-state index in [1.807, 2.05) is 52.1 Å². The summed E-state index contributed by atoms with van der Waals surface area (Å²) < 4.78 is 5.50. The van der Waals surface area contributed by atoms with Gasteiger partial charge in [-0.3, -0.25) is 0 Å². The van der Waals surface area contributed by atoms with Crippen molar-refractivity contribution < 1.29 is 9.53 Å². The minimum atomic E-state index is -0.486. The summed E-state index contributed by atoms with van der Waals surface area (Å²) in [4.78, 5) is 23.4. The van der Waals surface area contributed by atoms with E-state index in [9.17, 15) is 4.79 Å². The zero-order valence-corrected chi connectivity index (χ0v) is 15.9. The highest BCUT2D eigenvalue weighted by molar-refractivity contribution is 5.80. The fourth-order valence-corrected chi connectivity index (χ4v) is 3.06. The van der Waals surface area contributed by atoms with E-state index in [1.54, 1.807) is 4.90 Å². The molecule has 1 saturated heterocycles. The molecule has 1 atom stereocenters. The van der Waals surface area contributed by atoms with Gasteiger partial charge in [-0.2, -0.15) is 0 Å². The van der Waals surface area contributed by atoms with Gasteiger partial charge in [0, 0.05) is 26.2 Å². The molecule has 0 bridgehead atoms. The average Bonchev–Trinajstić information content (AvgIpc) is 2.60. The van der Waals surface area contributed by atoms with Crippen LogP contribution in [0, 0.1) is 0 Å². The number of hydrogen-bond donors (Lipinski definition) is 2. The Morgan fingerprint density at radius 1 is 1.19 bits per heavy atom. The predicted octanol–water partition coefficient (Wildman–Crippen LogP) is 3.48. The Bertz CT molecular complexity index is 787. The normalized spacial score (nSPS) is 17.8. The second-order valence-electron chi connectivity index (χ2n) is 7.57. The monoisotopic (exact) mass is 357 g/mol. The lowest BCUT2D eigenvalue weighted by Gasteiger charge is -2.34. The van der Waals surface area contributed by atoms with Crippen molar-refractivity contribution in [3.05, 3.63) is 24.3 Å². The molecule has 0 aliphatic carbocycles. The van der Waals surface area contributed by atoms with Gasteiger partial charge in [0.2, 0.25) is 0 Å². The molecule has 1 aromatic heterocycles. The van der Waals surface area contributed by atoms with Crippen molar-refractivity contribution in [3.63, 3.8) is 0 Å². The van der Waals surface area contributed by atoms with Crippen LogP contribution >= 0.6 is 0 Å². The van der Waals surface area contributed by atoms with E-state index >= 15 is 0 Å². The summed E-state index contributed by atoms with van der Waals surface area (Å²) in [7, 11) is 1.83. The van der Waals surface area contributed by atoms with Gasteiger partial charge in [0.25, 0.3) is 0 Å². The minimum absolute atomic E-state index is 0.110. The first kappa shape index (κ1) is 18.2. The number of nitrogens with zero attached hydrogens (tertiary/aromatic N) is 3. The van der Waals surface area contributed by atoms with Gasteiger partial charge in [-0.05, 0) is 45.7 Å². The maximum Gasteiger partial charge on any atom is 0.410 e. The molecule has 1 aliphatic heterocycles. The van der Waals surface area contributed by atoms with E-state index in [1.165, 1.54) is 0 Å². The molecule has 3 rings (SSSR count). The summed E-state index contributed by atoms with van der Waals surface area (Å²) >= 11 is 0. The summed E-state index contributed by atoms with van der Waals surface area (Å²) in [5.74, 6) is 1.42. The van der Waals surface area contributed by atoms with E-state index < -0.39 is 5.60 Å². The third-order valence-corrected chi connectivity index (χ3v) is 4.22. The number of benzene rings is 1. The SMILES string of the molecule is CNc1nc2ccccc2nc1NC1CCCN(C(=O)OC(C)(C)C)C1. The second kappa shape index (κ2) is 7.35. The first-order valence-electron chi connectivity index (χ1n) is 9.05. The third kappa shape index (κ3) is 4.33. The van der Waals surface area contributed by atoms with Crippen LogP contribution in [0.5, 0.6) is 0 Å². The largest absolute Gasteiger partial charge is 0.444 e. The first-order valence-corrected chi connectivity index (χ1v) is 9.05. The Kier molecular flexibility index (Phi) is 5.15. The molecular weight excluding hydrogens is 330 g/mol. The van der Waals surface area contributed by atoms with E-state index in [0.717, 1.165) is 30.4 Å². The average molecular weight is 357 g/mol. The number of ether oxygens (including phenoxy) is 1. The standard InChI is InChI=1S/C19H27N5O2/c1-19(2,3)26-18(25)24-11-7-8-13(12-24)21-17-16(20-4)22-14-9-5-6-10-15(14)23-17/h5-6,9-10,13H,7-8,11-12H2,1-4H3,(H,20,22)(H,21,23). The number of carbonyl (C=O) groups excluding carboxylic acids is 1.